The van der Waals surface area contributed by atoms with Gasteiger partial charge in [-0.1, -0.05) is 6.92 Å². The van der Waals surface area contributed by atoms with Gasteiger partial charge < -0.3 is 5.73 Å². The lowest BCUT2D eigenvalue weighted by molar-refractivity contribution is -0.124. The van der Waals surface area contributed by atoms with E-state index < -0.39 is 0 Å². The number of rotatable bonds is 2. The highest BCUT2D eigenvalue weighted by Gasteiger charge is 2.45. The maximum Gasteiger partial charge on any atom is 0.155 e. The predicted molar refractivity (Wildman–Crippen MR) is 36.0 cm³/mol. The van der Waals surface area contributed by atoms with Crippen molar-refractivity contribution in [3.8, 4) is 0 Å². The van der Waals surface area contributed by atoms with Gasteiger partial charge in [-0.2, -0.15) is 0 Å². The fourth-order valence-corrected chi connectivity index (χ4v) is 0.984. The molecule has 1 aliphatic rings. The van der Waals surface area contributed by atoms with Crippen LogP contribution in [0.2, 0.25) is 0 Å². The molecule has 2 heteroatoms. The van der Waals surface area contributed by atoms with Gasteiger partial charge in [-0.05, 0) is 19.8 Å². The molecule has 0 bridgehead atoms. The zero-order chi connectivity index (χ0) is 7.07. The van der Waals surface area contributed by atoms with Gasteiger partial charge in [0.15, 0.2) is 5.78 Å². The Balaban J connectivity index is 2.53. The van der Waals surface area contributed by atoms with E-state index in [2.05, 4.69) is 0 Å². The lowest BCUT2D eigenvalue weighted by Crippen LogP contribution is -2.32. The highest BCUT2D eigenvalue weighted by Crippen LogP contribution is 2.46. The second-order valence-electron chi connectivity index (χ2n) is 3.21. The van der Waals surface area contributed by atoms with Gasteiger partial charge in [0.2, 0.25) is 0 Å². The van der Waals surface area contributed by atoms with Crippen molar-refractivity contribution >= 4 is 5.78 Å². The van der Waals surface area contributed by atoms with Crippen LogP contribution in [-0.2, 0) is 4.79 Å². The number of carbonyl (C=O) groups excluding carboxylic acids is 1. The summed E-state index contributed by atoms with van der Waals surface area (Å²) in [7, 11) is 0. The molecule has 0 aromatic heterocycles. The molecule has 0 aromatic rings. The molecule has 52 valence electrons. The first-order valence-corrected chi connectivity index (χ1v) is 3.36. The molecule has 2 nitrogen and oxygen atoms in total. The molecule has 1 rings (SSSR count). The summed E-state index contributed by atoms with van der Waals surface area (Å²) in [6, 6.07) is -0.266. The van der Waals surface area contributed by atoms with Crippen LogP contribution in [0.25, 0.3) is 0 Å². The van der Waals surface area contributed by atoms with Crippen molar-refractivity contribution in [2.75, 3.05) is 0 Å². The molecular formula is C7H13NO. The molecular weight excluding hydrogens is 114 g/mol. The van der Waals surface area contributed by atoms with Crippen molar-refractivity contribution in [3.05, 3.63) is 0 Å². The van der Waals surface area contributed by atoms with Gasteiger partial charge in [0.25, 0.3) is 0 Å². The van der Waals surface area contributed by atoms with Gasteiger partial charge in [0, 0.05) is 5.41 Å². The maximum absolute atomic E-state index is 11.1. The lowest BCUT2D eigenvalue weighted by atomic mass is 9.99. The van der Waals surface area contributed by atoms with Crippen LogP contribution in [-0.4, -0.2) is 11.8 Å². The molecule has 1 aliphatic carbocycles. The van der Waals surface area contributed by atoms with E-state index >= 15 is 0 Å². The first-order chi connectivity index (χ1) is 4.06. The first-order valence-electron chi connectivity index (χ1n) is 3.36. The quantitative estimate of drug-likeness (QED) is 0.593. The van der Waals surface area contributed by atoms with Crippen LogP contribution in [0, 0.1) is 5.41 Å². The average Bonchev–Trinajstić information content (AvgIpc) is 2.47. The largest absolute Gasteiger partial charge is 0.322 e. The topological polar surface area (TPSA) is 43.1 Å². The molecule has 0 aliphatic heterocycles. The number of carbonyl (C=O) groups is 1. The summed E-state index contributed by atoms with van der Waals surface area (Å²) < 4.78 is 0. The van der Waals surface area contributed by atoms with Crippen molar-refractivity contribution in [1.29, 1.82) is 0 Å². The van der Waals surface area contributed by atoms with E-state index in [1.807, 2.05) is 6.92 Å². The summed E-state index contributed by atoms with van der Waals surface area (Å²) in [5, 5.41) is 0. The van der Waals surface area contributed by atoms with Crippen LogP contribution in [0.15, 0.2) is 0 Å². The second kappa shape index (κ2) is 1.81. The van der Waals surface area contributed by atoms with Crippen LogP contribution in [0.3, 0.4) is 0 Å². The number of hydrogen-bond donors (Lipinski definition) is 1. The summed E-state index contributed by atoms with van der Waals surface area (Å²) in [5.74, 6) is 0.225. The van der Waals surface area contributed by atoms with Crippen LogP contribution >= 0.6 is 0 Å². The van der Waals surface area contributed by atoms with Gasteiger partial charge in [0.05, 0.1) is 6.04 Å². The minimum Gasteiger partial charge on any atom is -0.322 e. The molecule has 0 saturated heterocycles. The number of ketones is 1. The van der Waals surface area contributed by atoms with Crippen LogP contribution in [0.4, 0.5) is 0 Å². The Morgan fingerprint density at radius 2 is 2.11 bits per heavy atom. The lowest BCUT2D eigenvalue weighted by Gasteiger charge is -2.08. The normalized spacial score (nSPS) is 25.2. The second-order valence-corrected chi connectivity index (χ2v) is 3.21. The summed E-state index contributed by atoms with van der Waals surface area (Å²) in [6.07, 6.45) is 2.07. The van der Waals surface area contributed by atoms with Crippen molar-refractivity contribution in [2.45, 2.75) is 32.7 Å². The Hall–Kier alpha value is -0.370. The standard InChI is InChI=1S/C7H13NO/c1-5(8)6(9)7(2)3-4-7/h5H,3-4,8H2,1-2H3. The Bertz CT molecular complexity index is 136. The molecule has 2 N–H and O–H groups in total. The van der Waals surface area contributed by atoms with E-state index in [0.29, 0.717) is 0 Å². The monoisotopic (exact) mass is 127 g/mol. The minimum absolute atomic E-state index is 0.0336. The summed E-state index contributed by atoms with van der Waals surface area (Å²) in [5.41, 5.74) is 5.38. The molecule has 1 atom stereocenters. The third-order valence-electron chi connectivity index (χ3n) is 2.01. The van der Waals surface area contributed by atoms with E-state index in [-0.39, 0.29) is 17.2 Å². The smallest absolute Gasteiger partial charge is 0.155 e. The van der Waals surface area contributed by atoms with Gasteiger partial charge in [-0.3, -0.25) is 4.79 Å². The van der Waals surface area contributed by atoms with Gasteiger partial charge >= 0.3 is 0 Å². The zero-order valence-electron chi connectivity index (χ0n) is 5.98. The predicted octanol–water partition coefficient (Wildman–Crippen LogP) is 0.703. The van der Waals surface area contributed by atoms with Gasteiger partial charge in [0.1, 0.15) is 0 Å². The van der Waals surface area contributed by atoms with Crippen molar-refractivity contribution in [2.24, 2.45) is 11.1 Å². The molecule has 1 saturated carbocycles. The van der Waals surface area contributed by atoms with Crippen molar-refractivity contribution < 1.29 is 4.79 Å². The molecule has 1 fully saturated rings. The zero-order valence-corrected chi connectivity index (χ0v) is 5.98. The van der Waals surface area contributed by atoms with Crippen molar-refractivity contribution in [1.82, 2.24) is 0 Å². The highest BCUT2D eigenvalue weighted by molar-refractivity contribution is 5.90. The number of Topliss-reactive ketones (excluding diaryl/α,β-unsaturated/α-hetero) is 1. The maximum atomic E-state index is 11.1. The Labute approximate surface area is 55.4 Å². The summed E-state index contributed by atoms with van der Waals surface area (Å²) in [4.78, 5) is 11.1. The molecule has 0 heterocycles. The molecule has 0 spiro atoms. The minimum atomic E-state index is -0.266. The molecule has 9 heavy (non-hydrogen) atoms. The first kappa shape index (κ1) is 6.75. The van der Waals surface area contributed by atoms with E-state index in [9.17, 15) is 4.79 Å². The van der Waals surface area contributed by atoms with E-state index in [1.54, 1.807) is 6.92 Å². The third-order valence-corrected chi connectivity index (χ3v) is 2.01. The molecule has 1 unspecified atom stereocenters. The van der Waals surface area contributed by atoms with Gasteiger partial charge in [-0.25, -0.2) is 0 Å². The van der Waals surface area contributed by atoms with E-state index in [1.165, 1.54) is 0 Å². The van der Waals surface area contributed by atoms with E-state index in [0.717, 1.165) is 12.8 Å². The highest BCUT2D eigenvalue weighted by atomic mass is 16.1. The fourth-order valence-electron chi connectivity index (χ4n) is 0.984. The Morgan fingerprint density at radius 3 is 2.22 bits per heavy atom. The molecule has 0 radical (unpaired) electrons. The summed E-state index contributed by atoms with van der Waals surface area (Å²) in [6.45, 7) is 3.74. The fraction of sp³-hybridized carbons (Fsp3) is 0.857. The Morgan fingerprint density at radius 1 is 1.67 bits per heavy atom. The van der Waals surface area contributed by atoms with Crippen LogP contribution in [0.1, 0.15) is 26.7 Å². The Kier molecular flexibility index (Phi) is 1.35. The molecule has 0 aromatic carbocycles. The average molecular weight is 127 g/mol. The summed E-state index contributed by atoms with van der Waals surface area (Å²) >= 11 is 0. The number of hydrogen-bond acceptors (Lipinski definition) is 2. The number of nitrogens with two attached hydrogens (primary N) is 1. The third kappa shape index (κ3) is 1.13. The van der Waals surface area contributed by atoms with Crippen LogP contribution < -0.4 is 5.73 Å². The molecule has 0 amide bonds. The SMILES string of the molecule is CC(N)C(=O)C1(C)CC1. The van der Waals surface area contributed by atoms with Gasteiger partial charge in [-0.15, -0.1) is 0 Å². The van der Waals surface area contributed by atoms with Crippen LogP contribution in [0.5, 0.6) is 0 Å². The van der Waals surface area contributed by atoms with E-state index in [4.69, 9.17) is 5.73 Å². The van der Waals surface area contributed by atoms with Crippen molar-refractivity contribution in [3.63, 3.8) is 0 Å².